The van der Waals surface area contributed by atoms with Gasteiger partial charge in [0.15, 0.2) is 0 Å². The molecule has 4 amide bonds. The van der Waals surface area contributed by atoms with Gasteiger partial charge in [-0.25, -0.2) is 47.9 Å². The van der Waals surface area contributed by atoms with Gasteiger partial charge < -0.3 is 72.2 Å². The molecular weight excluding hydrogens is 1240 g/mol. The molecular formula is C60H81KN4O25Si. The molecule has 2 rings (SSSR count). The third-order valence-corrected chi connectivity index (χ3v) is 13.1. The van der Waals surface area contributed by atoms with Crippen LogP contribution in [0.4, 0.5) is 41.9 Å². The third kappa shape index (κ3) is 37.4. The standard InChI is InChI=1S/C60H80N4O25Si.K.H/c1-11-49(65)79-27-19-25-75-33-59(35-81-51(67)13-3,36-82-52(68)14-4)39-85-55(71)61-45-21-17-23-47(29-45)63-57(73)88-43(7)31-77-41-87-90(9,10)42-78-32-44(8)89-58(74)64-48-24-18-22-46(30-48)62-56(72)86-40-60(37-83-53(69)15-5,38-84-54(70)16-6)34-76-26-20-28-80-50(66)12-2;;/h11-18,21-24,29-30,43-44H,1-6,19-20,25-28,31-42H2,7-10H3,(H,61,71)(H,62,72)(H,63,73)(H,64,74);;/q;+1;-1. The van der Waals surface area contributed by atoms with Crippen molar-refractivity contribution in [2.24, 2.45) is 10.8 Å². The van der Waals surface area contributed by atoms with Gasteiger partial charge in [0.25, 0.3) is 0 Å². The molecule has 0 bridgehead atoms. The molecule has 0 aromatic heterocycles. The molecule has 4 N–H and O–H groups in total. The molecule has 2 atom stereocenters. The number of nitrogens with one attached hydrogen (secondary N) is 4. The first-order valence-corrected chi connectivity index (χ1v) is 30.8. The molecule has 31 heteroatoms. The zero-order valence-corrected chi connectivity index (χ0v) is 56.0. The van der Waals surface area contributed by atoms with Crippen LogP contribution in [0, 0.1) is 10.8 Å². The van der Waals surface area contributed by atoms with Crippen LogP contribution in [-0.4, -0.2) is 186 Å². The van der Waals surface area contributed by atoms with Gasteiger partial charge in [0.2, 0.25) is 8.32 Å². The fraction of sp³-hybridized carbons (Fsp3) is 0.433. The van der Waals surface area contributed by atoms with E-state index in [4.69, 9.17) is 70.7 Å². The number of hydrogen-bond donors (Lipinski definition) is 4. The van der Waals surface area contributed by atoms with Crippen molar-refractivity contribution in [2.75, 3.05) is 127 Å². The topological polar surface area (TPSA) is 357 Å². The van der Waals surface area contributed by atoms with Crippen LogP contribution >= 0.6 is 0 Å². The molecule has 0 aliphatic carbocycles. The largest absolute Gasteiger partial charge is 1.00 e. The Morgan fingerprint density at radius 2 is 0.747 bits per heavy atom. The van der Waals surface area contributed by atoms with E-state index in [1.54, 1.807) is 26.0 Å². The van der Waals surface area contributed by atoms with Crippen molar-refractivity contribution in [2.45, 2.75) is 52.0 Å². The number of benzene rings is 2. The number of amides is 4. The number of rotatable bonds is 45. The molecule has 2 aromatic carbocycles. The quantitative estimate of drug-likeness (QED) is 0.0178. The predicted octanol–water partition coefficient (Wildman–Crippen LogP) is 4.39. The maximum absolute atomic E-state index is 13.1. The van der Waals surface area contributed by atoms with E-state index in [-0.39, 0.29) is 154 Å². The average Bonchev–Trinajstić information content (AvgIpc) is 1.77. The van der Waals surface area contributed by atoms with Crippen molar-refractivity contribution >= 4 is 91.3 Å². The fourth-order valence-corrected chi connectivity index (χ4v) is 7.84. The summed E-state index contributed by atoms with van der Waals surface area (Å²) in [6, 6.07) is 12.0. The van der Waals surface area contributed by atoms with E-state index in [1.807, 2.05) is 13.1 Å². The van der Waals surface area contributed by atoms with Gasteiger partial charge in [-0.2, -0.15) is 0 Å². The molecule has 2 unspecified atom stereocenters. The molecule has 0 fully saturated rings. The van der Waals surface area contributed by atoms with Gasteiger partial charge >= 0.3 is 112 Å². The average molecular weight is 1330 g/mol. The van der Waals surface area contributed by atoms with Crippen LogP contribution in [0.5, 0.6) is 0 Å². The van der Waals surface area contributed by atoms with Gasteiger partial charge in [-0.1, -0.05) is 51.6 Å². The van der Waals surface area contributed by atoms with Crippen molar-refractivity contribution in [1.82, 2.24) is 0 Å². The van der Waals surface area contributed by atoms with E-state index in [9.17, 15) is 47.9 Å². The molecule has 29 nitrogen and oxygen atoms in total. The third-order valence-electron chi connectivity index (χ3n) is 11.3. The summed E-state index contributed by atoms with van der Waals surface area (Å²) in [6.45, 7) is 23.9. The minimum atomic E-state index is -2.50. The zero-order chi connectivity index (χ0) is 66.8. The summed E-state index contributed by atoms with van der Waals surface area (Å²) in [5.41, 5.74) is -1.95. The number of carbonyl (C=O) groups is 10. The van der Waals surface area contributed by atoms with E-state index in [2.05, 4.69) is 60.7 Å². The Hall–Kier alpha value is -7.57. The normalized spacial score (nSPS) is 11.5. The number of anilines is 4. The summed E-state index contributed by atoms with van der Waals surface area (Å²) in [4.78, 5) is 123. The zero-order valence-electron chi connectivity index (χ0n) is 52.9. The summed E-state index contributed by atoms with van der Waals surface area (Å²) in [7, 11) is -2.50. The van der Waals surface area contributed by atoms with Crippen LogP contribution < -0.4 is 72.7 Å². The van der Waals surface area contributed by atoms with Crippen molar-refractivity contribution in [3.8, 4) is 0 Å². The number of ether oxygens (including phenoxy) is 14. The Kier molecular flexibility index (Phi) is 40.9. The number of esters is 6. The summed E-state index contributed by atoms with van der Waals surface area (Å²) in [5.74, 6) is -4.46. The summed E-state index contributed by atoms with van der Waals surface area (Å²) in [5, 5.41) is 10.2. The van der Waals surface area contributed by atoms with E-state index in [1.165, 1.54) is 36.4 Å². The van der Waals surface area contributed by atoms with Crippen molar-refractivity contribution < 1.29 is 171 Å². The molecule has 91 heavy (non-hydrogen) atoms. The number of hydrogen-bond acceptors (Lipinski definition) is 25. The van der Waals surface area contributed by atoms with Crippen LogP contribution in [0.25, 0.3) is 0 Å². The molecule has 0 saturated heterocycles. The molecule has 0 spiro atoms. The second kappa shape index (κ2) is 45.6. The van der Waals surface area contributed by atoms with E-state index in [0.29, 0.717) is 0 Å². The molecule has 0 aliphatic heterocycles. The molecule has 0 aliphatic rings. The first-order valence-electron chi connectivity index (χ1n) is 27.6. The second-order valence-corrected chi connectivity index (χ2v) is 24.1. The van der Waals surface area contributed by atoms with Crippen molar-refractivity contribution in [1.29, 1.82) is 0 Å². The predicted molar refractivity (Wildman–Crippen MR) is 326 cm³/mol. The SMILES string of the molecule is C=CC(=O)OCCCOCC(COC(=O)C=C)(COC(=O)C=C)COC(=O)Nc1cccc(NC(=O)OC(C)COCO[Si](C)(C)COCC(C)OC(=O)Nc2cccc(NC(=O)OCC(COCCCOC(=O)C=C)(COC(=O)C=C)COC(=O)C=C)c2)c1.[H-].[K+]. The van der Waals surface area contributed by atoms with Crippen molar-refractivity contribution in [3.63, 3.8) is 0 Å². The molecule has 496 valence electrons. The van der Waals surface area contributed by atoms with E-state index >= 15 is 0 Å². The van der Waals surface area contributed by atoms with Crippen LogP contribution in [0.2, 0.25) is 13.1 Å². The molecule has 0 heterocycles. The molecule has 0 radical (unpaired) electrons. The van der Waals surface area contributed by atoms with Gasteiger partial charge in [0.1, 0.15) is 58.6 Å². The van der Waals surface area contributed by atoms with E-state index < -0.39 is 131 Å². The smallest absolute Gasteiger partial charge is 1.00 e. The summed E-state index contributed by atoms with van der Waals surface area (Å²) in [6.07, 6.45) is 1.37. The van der Waals surface area contributed by atoms with Crippen LogP contribution in [0.3, 0.4) is 0 Å². The van der Waals surface area contributed by atoms with Crippen LogP contribution in [-0.2, 0) is 99.5 Å². The van der Waals surface area contributed by atoms with Gasteiger partial charge in [0.05, 0.1) is 56.7 Å². The van der Waals surface area contributed by atoms with Gasteiger partial charge in [0, 0.05) is 85.3 Å². The fourth-order valence-electron chi connectivity index (χ4n) is 6.75. The summed E-state index contributed by atoms with van der Waals surface area (Å²) < 4.78 is 81.5. The first-order chi connectivity index (χ1) is 42.9. The Morgan fingerprint density at radius 1 is 0.440 bits per heavy atom. The first kappa shape index (κ1) is 81.4. The Labute approximate surface area is 572 Å². The van der Waals surface area contributed by atoms with Crippen molar-refractivity contribution in [3.05, 3.63) is 124 Å². The number of carbonyl (C=O) groups excluding carboxylic acids is 10. The van der Waals surface area contributed by atoms with E-state index in [0.717, 1.165) is 36.5 Å². The second-order valence-electron chi connectivity index (χ2n) is 20.0. The Bertz CT molecular complexity index is 2720. The van der Waals surface area contributed by atoms with Gasteiger partial charge in [-0.05, 0) is 63.3 Å². The molecule has 0 saturated carbocycles. The monoisotopic (exact) mass is 1320 g/mol. The van der Waals surface area contributed by atoms with Crippen LogP contribution in [0.1, 0.15) is 28.1 Å². The van der Waals surface area contributed by atoms with Crippen LogP contribution in [0.15, 0.2) is 124 Å². The summed E-state index contributed by atoms with van der Waals surface area (Å²) >= 11 is 0. The Balaban J connectivity index is 0.0000414. The van der Waals surface area contributed by atoms with Gasteiger partial charge in [-0.15, -0.1) is 0 Å². The minimum Gasteiger partial charge on any atom is -1.00 e. The van der Waals surface area contributed by atoms with Gasteiger partial charge in [-0.3, -0.25) is 21.3 Å². The maximum atomic E-state index is 13.1. The minimum absolute atomic E-state index is 0. The Morgan fingerprint density at radius 3 is 1.09 bits per heavy atom. The maximum Gasteiger partial charge on any atom is 1.00 e. The molecule has 2 aromatic rings.